The Hall–Kier alpha value is -2.01. The second kappa shape index (κ2) is 7.51. The van der Waals surface area contributed by atoms with E-state index in [9.17, 15) is 18.3 Å². The maximum atomic E-state index is 12.2. The molecule has 0 amide bonds. The first-order valence-electron chi connectivity index (χ1n) is 7.49. The molecular formula is C18H20F3NO. The Morgan fingerprint density at radius 3 is 2.35 bits per heavy atom. The predicted molar refractivity (Wildman–Crippen MR) is 85.2 cm³/mol. The standard InChI is InChI=1S/C18H20F3NO/c1-13(16-4-2-3-15(11-16)12-23)22-17-7-5-14(6-8-17)9-10-18(19,20)21/h2-8,11,13,22-23H,9-10,12H2,1H3. The van der Waals surface area contributed by atoms with Crippen LogP contribution in [0.15, 0.2) is 48.5 Å². The van der Waals surface area contributed by atoms with Gasteiger partial charge in [-0.1, -0.05) is 36.4 Å². The van der Waals surface area contributed by atoms with Crippen LogP contribution < -0.4 is 5.32 Å². The van der Waals surface area contributed by atoms with Gasteiger partial charge in [0.2, 0.25) is 0 Å². The lowest BCUT2D eigenvalue weighted by molar-refractivity contribution is -0.133. The van der Waals surface area contributed by atoms with Gasteiger partial charge in [0.1, 0.15) is 0 Å². The molecule has 0 aliphatic rings. The van der Waals surface area contributed by atoms with Gasteiger partial charge in [-0.15, -0.1) is 0 Å². The highest BCUT2D eigenvalue weighted by atomic mass is 19.4. The van der Waals surface area contributed by atoms with E-state index in [4.69, 9.17) is 0 Å². The summed E-state index contributed by atoms with van der Waals surface area (Å²) in [4.78, 5) is 0. The third-order valence-electron chi connectivity index (χ3n) is 3.67. The largest absolute Gasteiger partial charge is 0.392 e. The van der Waals surface area contributed by atoms with Gasteiger partial charge in [0.05, 0.1) is 6.61 Å². The smallest absolute Gasteiger partial charge is 0.389 e. The van der Waals surface area contributed by atoms with Crippen molar-refractivity contribution < 1.29 is 18.3 Å². The summed E-state index contributed by atoms with van der Waals surface area (Å²) in [5, 5.41) is 12.5. The maximum Gasteiger partial charge on any atom is 0.389 e. The van der Waals surface area contributed by atoms with Crippen molar-refractivity contribution in [3.63, 3.8) is 0 Å². The van der Waals surface area contributed by atoms with Crippen LogP contribution in [0.2, 0.25) is 0 Å². The highest BCUT2D eigenvalue weighted by molar-refractivity contribution is 5.47. The fourth-order valence-electron chi connectivity index (χ4n) is 2.35. The Kier molecular flexibility index (Phi) is 5.66. The van der Waals surface area contributed by atoms with Gasteiger partial charge in [-0.05, 0) is 42.2 Å². The van der Waals surface area contributed by atoms with E-state index in [1.807, 2.05) is 31.2 Å². The molecule has 0 aromatic heterocycles. The Morgan fingerprint density at radius 1 is 1.04 bits per heavy atom. The molecule has 0 heterocycles. The molecular weight excluding hydrogens is 303 g/mol. The highest BCUT2D eigenvalue weighted by Gasteiger charge is 2.26. The van der Waals surface area contributed by atoms with E-state index in [1.165, 1.54) is 0 Å². The normalized spacial score (nSPS) is 12.9. The monoisotopic (exact) mass is 323 g/mol. The SMILES string of the molecule is CC(Nc1ccc(CCC(F)(F)F)cc1)c1cccc(CO)c1. The van der Waals surface area contributed by atoms with E-state index in [0.29, 0.717) is 5.56 Å². The van der Waals surface area contributed by atoms with Crippen LogP contribution in [-0.2, 0) is 13.0 Å². The molecule has 0 aliphatic heterocycles. The summed E-state index contributed by atoms with van der Waals surface area (Å²) in [6.07, 6.45) is -4.93. The van der Waals surface area contributed by atoms with Crippen LogP contribution in [0.5, 0.6) is 0 Å². The molecule has 0 spiro atoms. The first kappa shape index (κ1) is 17.3. The Morgan fingerprint density at radius 2 is 1.74 bits per heavy atom. The second-order valence-corrected chi connectivity index (χ2v) is 5.58. The van der Waals surface area contributed by atoms with E-state index in [0.717, 1.165) is 16.8 Å². The first-order chi connectivity index (χ1) is 10.9. The molecule has 0 aliphatic carbocycles. The van der Waals surface area contributed by atoms with Crippen LogP contribution in [0.4, 0.5) is 18.9 Å². The Balaban J connectivity index is 1.97. The number of hydrogen-bond acceptors (Lipinski definition) is 2. The minimum absolute atomic E-state index is 0.00210. The van der Waals surface area contributed by atoms with Crippen LogP contribution in [-0.4, -0.2) is 11.3 Å². The van der Waals surface area contributed by atoms with Gasteiger partial charge < -0.3 is 10.4 Å². The number of aryl methyl sites for hydroxylation is 1. The lowest BCUT2D eigenvalue weighted by atomic mass is 10.0. The Labute approximate surface area is 134 Å². The second-order valence-electron chi connectivity index (χ2n) is 5.58. The van der Waals surface area contributed by atoms with E-state index in [-0.39, 0.29) is 19.1 Å². The van der Waals surface area contributed by atoms with Crippen LogP contribution in [0.1, 0.15) is 36.1 Å². The molecule has 2 aromatic rings. The summed E-state index contributed by atoms with van der Waals surface area (Å²) >= 11 is 0. The molecule has 1 unspecified atom stereocenters. The summed E-state index contributed by atoms with van der Waals surface area (Å²) < 4.78 is 36.6. The fourth-order valence-corrected chi connectivity index (χ4v) is 2.35. The number of hydrogen-bond donors (Lipinski definition) is 2. The number of anilines is 1. The van der Waals surface area contributed by atoms with Crippen LogP contribution in [0.3, 0.4) is 0 Å². The van der Waals surface area contributed by atoms with Crippen molar-refractivity contribution in [2.24, 2.45) is 0 Å². The van der Waals surface area contributed by atoms with E-state index in [1.54, 1.807) is 24.3 Å². The molecule has 0 fully saturated rings. The number of aliphatic hydroxyl groups excluding tert-OH is 1. The van der Waals surface area contributed by atoms with Gasteiger partial charge in [0.15, 0.2) is 0 Å². The zero-order valence-electron chi connectivity index (χ0n) is 12.9. The minimum Gasteiger partial charge on any atom is -0.392 e. The minimum atomic E-state index is -4.12. The number of rotatable bonds is 6. The quantitative estimate of drug-likeness (QED) is 0.797. The van der Waals surface area contributed by atoms with Gasteiger partial charge in [0, 0.05) is 18.2 Å². The summed E-state index contributed by atoms with van der Waals surface area (Å²) in [5.41, 5.74) is 3.40. The van der Waals surface area contributed by atoms with Crippen molar-refractivity contribution in [1.29, 1.82) is 0 Å². The molecule has 2 rings (SSSR count). The molecule has 2 aromatic carbocycles. The zero-order valence-corrected chi connectivity index (χ0v) is 12.9. The predicted octanol–water partition coefficient (Wildman–Crippen LogP) is 4.85. The van der Waals surface area contributed by atoms with Crippen molar-refractivity contribution in [1.82, 2.24) is 0 Å². The van der Waals surface area contributed by atoms with Crippen molar-refractivity contribution in [2.45, 2.75) is 38.6 Å². The van der Waals surface area contributed by atoms with Crippen LogP contribution >= 0.6 is 0 Å². The molecule has 1 atom stereocenters. The van der Waals surface area contributed by atoms with E-state index in [2.05, 4.69) is 5.32 Å². The summed E-state index contributed by atoms with van der Waals surface area (Å²) in [5.74, 6) is 0. The zero-order chi connectivity index (χ0) is 16.9. The lowest BCUT2D eigenvalue weighted by Gasteiger charge is -2.17. The van der Waals surface area contributed by atoms with Gasteiger partial charge in [-0.2, -0.15) is 13.2 Å². The van der Waals surface area contributed by atoms with Crippen molar-refractivity contribution >= 4 is 5.69 Å². The number of halogens is 3. The van der Waals surface area contributed by atoms with Crippen molar-refractivity contribution in [3.8, 4) is 0 Å². The number of benzene rings is 2. The number of alkyl halides is 3. The summed E-state index contributed by atoms with van der Waals surface area (Å²) in [6.45, 7) is 1.99. The number of nitrogens with one attached hydrogen (secondary N) is 1. The molecule has 2 N–H and O–H groups in total. The maximum absolute atomic E-state index is 12.2. The number of aliphatic hydroxyl groups is 1. The third-order valence-corrected chi connectivity index (χ3v) is 3.67. The lowest BCUT2D eigenvalue weighted by Crippen LogP contribution is -2.09. The van der Waals surface area contributed by atoms with Crippen LogP contribution in [0, 0.1) is 0 Å². The average molecular weight is 323 g/mol. The molecule has 2 nitrogen and oxygen atoms in total. The third kappa shape index (κ3) is 5.60. The van der Waals surface area contributed by atoms with Gasteiger partial charge in [-0.3, -0.25) is 0 Å². The van der Waals surface area contributed by atoms with Crippen molar-refractivity contribution in [2.75, 3.05) is 5.32 Å². The summed E-state index contributed by atoms with van der Waals surface area (Å²) in [7, 11) is 0. The molecule has 0 saturated heterocycles. The van der Waals surface area contributed by atoms with E-state index >= 15 is 0 Å². The first-order valence-corrected chi connectivity index (χ1v) is 7.49. The molecule has 0 saturated carbocycles. The molecule has 124 valence electrons. The molecule has 0 bridgehead atoms. The Bertz CT molecular complexity index is 623. The van der Waals surface area contributed by atoms with Gasteiger partial charge >= 0.3 is 6.18 Å². The molecule has 23 heavy (non-hydrogen) atoms. The van der Waals surface area contributed by atoms with Crippen molar-refractivity contribution in [3.05, 3.63) is 65.2 Å². The topological polar surface area (TPSA) is 32.3 Å². The molecule has 0 radical (unpaired) electrons. The van der Waals surface area contributed by atoms with E-state index < -0.39 is 12.6 Å². The van der Waals surface area contributed by atoms with Gasteiger partial charge in [0.25, 0.3) is 0 Å². The summed E-state index contributed by atoms with van der Waals surface area (Å²) in [6, 6.07) is 14.7. The van der Waals surface area contributed by atoms with Gasteiger partial charge in [-0.25, -0.2) is 0 Å². The fraction of sp³-hybridized carbons (Fsp3) is 0.333. The molecule has 5 heteroatoms. The average Bonchev–Trinajstić information content (AvgIpc) is 2.53. The highest BCUT2D eigenvalue weighted by Crippen LogP contribution is 2.24. The van der Waals surface area contributed by atoms with Crippen LogP contribution in [0.25, 0.3) is 0 Å².